The Balaban J connectivity index is 2.34. The number of aromatic nitrogens is 2. The third kappa shape index (κ3) is 2.01. The van der Waals surface area contributed by atoms with Crippen LogP contribution in [0, 0.1) is 30.2 Å². The van der Waals surface area contributed by atoms with Gasteiger partial charge < -0.3 is 5.73 Å². The van der Waals surface area contributed by atoms with E-state index in [1.807, 2.05) is 0 Å². The SMILES string of the molecule is Cc1cc2c(cc1F)nc(N)n2-c1cc(F)c(F)c(F)c1. The molecular formula is C14H9F4N3. The van der Waals surface area contributed by atoms with E-state index in [0.717, 1.165) is 12.1 Å². The van der Waals surface area contributed by atoms with Gasteiger partial charge >= 0.3 is 0 Å². The number of fused-ring (bicyclic) bond motifs is 1. The summed E-state index contributed by atoms with van der Waals surface area (Å²) in [7, 11) is 0. The summed E-state index contributed by atoms with van der Waals surface area (Å²) in [5.74, 6) is -4.80. The highest BCUT2D eigenvalue weighted by Crippen LogP contribution is 2.27. The quantitative estimate of drug-likeness (QED) is 0.552. The number of hydrogen-bond donors (Lipinski definition) is 1. The van der Waals surface area contributed by atoms with Crippen molar-refractivity contribution in [3.63, 3.8) is 0 Å². The van der Waals surface area contributed by atoms with Crippen LogP contribution in [0.15, 0.2) is 24.3 Å². The Kier molecular flexibility index (Phi) is 2.86. The number of aryl methyl sites for hydroxylation is 1. The van der Waals surface area contributed by atoms with Crippen LogP contribution in [0.2, 0.25) is 0 Å². The van der Waals surface area contributed by atoms with Crippen molar-refractivity contribution in [1.29, 1.82) is 0 Å². The van der Waals surface area contributed by atoms with Crippen molar-refractivity contribution in [2.75, 3.05) is 5.73 Å². The van der Waals surface area contributed by atoms with Gasteiger partial charge in [0, 0.05) is 18.2 Å². The van der Waals surface area contributed by atoms with Gasteiger partial charge in [0.15, 0.2) is 17.5 Å². The predicted octanol–water partition coefficient (Wildman–Crippen LogP) is 3.47. The van der Waals surface area contributed by atoms with Crippen molar-refractivity contribution in [3.05, 3.63) is 53.1 Å². The molecule has 0 spiro atoms. The van der Waals surface area contributed by atoms with Gasteiger partial charge in [0.25, 0.3) is 0 Å². The lowest BCUT2D eigenvalue weighted by molar-refractivity contribution is 0.446. The summed E-state index contributed by atoms with van der Waals surface area (Å²) in [6.45, 7) is 1.54. The Hall–Kier alpha value is -2.57. The van der Waals surface area contributed by atoms with Gasteiger partial charge in [-0.25, -0.2) is 22.5 Å². The number of imidazole rings is 1. The van der Waals surface area contributed by atoms with E-state index in [0.29, 0.717) is 11.1 Å². The molecule has 108 valence electrons. The maximum absolute atomic E-state index is 13.5. The number of benzene rings is 2. The molecule has 0 amide bonds. The van der Waals surface area contributed by atoms with Crippen LogP contribution in [-0.2, 0) is 0 Å². The molecule has 3 aromatic rings. The number of nitrogens with zero attached hydrogens (tertiary/aromatic N) is 2. The lowest BCUT2D eigenvalue weighted by Gasteiger charge is -2.08. The van der Waals surface area contributed by atoms with Gasteiger partial charge in [0.2, 0.25) is 5.95 Å². The Morgan fingerprint density at radius 3 is 2.19 bits per heavy atom. The molecule has 0 saturated heterocycles. The zero-order chi connectivity index (χ0) is 15.3. The van der Waals surface area contributed by atoms with Crippen LogP contribution in [0.4, 0.5) is 23.5 Å². The summed E-state index contributed by atoms with van der Waals surface area (Å²) in [4.78, 5) is 3.94. The van der Waals surface area contributed by atoms with E-state index in [-0.39, 0.29) is 17.2 Å². The maximum Gasteiger partial charge on any atom is 0.205 e. The van der Waals surface area contributed by atoms with E-state index >= 15 is 0 Å². The average Bonchev–Trinajstić information content (AvgIpc) is 2.71. The first-order valence-corrected chi connectivity index (χ1v) is 5.97. The van der Waals surface area contributed by atoms with Crippen LogP contribution in [0.5, 0.6) is 0 Å². The van der Waals surface area contributed by atoms with Crippen LogP contribution >= 0.6 is 0 Å². The molecule has 1 aromatic heterocycles. The Labute approximate surface area is 116 Å². The van der Waals surface area contributed by atoms with Crippen molar-refractivity contribution in [3.8, 4) is 5.69 Å². The molecule has 0 aliphatic rings. The molecule has 1 heterocycles. The number of hydrogen-bond acceptors (Lipinski definition) is 2. The van der Waals surface area contributed by atoms with Crippen molar-refractivity contribution in [2.24, 2.45) is 0 Å². The zero-order valence-corrected chi connectivity index (χ0v) is 10.8. The van der Waals surface area contributed by atoms with Crippen molar-refractivity contribution >= 4 is 17.0 Å². The summed E-state index contributed by atoms with van der Waals surface area (Å²) >= 11 is 0. The minimum atomic E-state index is -1.57. The summed E-state index contributed by atoms with van der Waals surface area (Å²) in [6.07, 6.45) is 0. The van der Waals surface area contributed by atoms with Gasteiger partial charge in [0.05, 0.1) is 16.7 Å². The van der Waals surface area contributed by atoms with E-state index in [2.05, 4.69) is 4.98 Å². The highest BCUT2D eigenvalue weighted by Gasteiger charge is 2.16. The summed E-state index contributed by atoms with van der Waals surface area (Å²) in [5, 5.41) is 0. The van der Waals surface area contributed by atoms with Gasteiger partial charge in [-0.05, 0) is 18.6 Å². The first-order chi connectivity index (χ1) is 9.88. The van der Waals surface area contributed by atoms with Crippen molar-refractivity contribution in [1.82, 2.24) is 9.55 Å². The Morgan fingerprint density at radius 2 is 1.57 bits per heavy atom. The number of halogens is 4. The van der Waals surface area contributed by atoms with Crippen LogP contribution in [-0.4, -0.2) is 9.55 Å². The van der Waals surface area contributed by atoms with E-state index in [9.17, 15) is 17.6 Å². The van der Waals surface area contributed by atoms with Crippen LogP contribution in [0.1, 0.15) is 5.56 Å². The topological polar surface area (TPSA) is 43.8 Å². The molecule has 0 atom stereocenters. The molecule has 0 unspecified atom stereocenters. The van der Waals surface area contributed by atoms with E-state index in [1.165, 1.54) is 23.6 Å². The fraction of sp³-hybridized carbons (Fsp3) is 0.0714. The van der Waals surface area contributed by atoms with Gasteiger partial charge in [-0.2, -0.15) is 0 Å². The first kappa shape index (κ1) is 13.4. The second kappa shape index (κ2) is 4.47. The molecule has 2 N–H and O–H groups in total. The molecule has 3 nitrogen and oxygen atoms in total. The highest BCUT2D eigenvalue weighted by atomic mass is 19.2. The number of nitrogens with two attached hydrogens (primary N) is 1. The number of anilines is 1. The summed E-state index contributed by atoms with van der Waals surface area (Å²) in [5.41, 5.74) is 6.62. The summed E-state index contributed by atoms with van der Waals surface area (Å²) < 4.78 is 54.5. The first-order valence-electron chi connectivity index (χ1n) is 5.97. The minimum absolute atomic E-state index is 0.0302. The fourth-order valence-corrected chi connectivity index (χ4v) is 2.16. The third-order valence-electron chi connectivity index (χ3n) is 3.19. The van der Waals surface area contributed by atoms with Gasteiger partial charge in [-0.15, -0.1) is 0 Å². The summed E-state index contributed by atoms with van der Waals surface area (Å²) in [6, 6.07) is 4.23. The standard InChI is InChI=1S/C14H9F4N3/c1-6-2-12-11(5-8(6)15)20-14(19)21(12)7-3-9(16)13(18)10(17)4-7/h2-5H,1H3,(H2,19,20). The second-order valence-electron chi connectivity index (χ2n) is 4.62. The lowest BCUT2D eigenvalue weighted by atomic mass is 10.2. The highest BCUT2D eigenvalue weighted by molar-refractivity contribution is 5.81. The van der Waals surface area contributed by atoms with Crippen LogP contribution < -0.4 is 5.73 Å². The number of nitrogen functional groups attached to an aromatic ring is 1. The fourth-order valence-electron chi connectivity index (χ4n) is 2.16. The lowest BCUT2D eigenvalue weighted by Crippen LogP contribution is -2.03. The molecule has 0 radical (unpaired) electrons. The Bertz CT molecular complexity index is 847. The van der Waals surface area contributed by atoms with E-state index in [1.54, 1.807) is 0 Å². The molecule has 3 rings (SSSR count). The maximum atomic E-state index is 13.5. The van der Waals surface area contributed by atoms with Gasteiger partial charge in [-0.1, -0.05) is 0 Å². The molecule has 21 heavy (non-hydrogen) atoms. The van der Waals surface area contributed by atoms with E-state index in [4.69, 9.17) is 5.73 Å². The van der Waals surface area contributed by atoms with Gasteiger partial charge in [-0.3, -0.25) is 4.57 Å². The molecule has 7 heteroatoms. The molecular weight excluding hydrogens is 286 g/mol. The van der Waals surface area contributed by atoms with E-state index < -0.39 is 23.3 Å². The second-order valence-corrected chi connectivity index (χ2v) is 4.62. The molecule has 0 aliphatic carbocycles. The Morgan fingerprint density at radius 1 is 0.952 bits per heavy atom. The normalized spacial score (nSPS) is 11.3. The molecule has 2 aromatic carbocycles. The van der Waals surface area contributed by atoms with Crippen LogP contribution in [0.3, 0.4) is 0 Å². The molecule has 0 bridgehead atoms. The number of rotatable bonds is 1. The van der Waals surface area contributed by atoms with Crippen molar-refractivity contribution in [2.45, 2.75) is 6.92 Å². The molecule has 0 fully saturated rings. The molecule has 0 saturated carbocycles. The monoisotopic (exact) mass is 295 g/mol. The molecule has 0 aliphatic heterocycles. The largest absolute Gasteiger partial charge is 0.369 e. The van der Waals surface area contributed by atoms with Gasteiger partial charge in [0.1, 0.15) is 5.82 Å². The average molecular weight is 295 g/mol. The van der Waals surface area contributed by atoms with Crippen molar-refractivity contribution < 1.29 is 17.6 Å². The minimum Gasteiger partial charge on any atom is -0.369 e. The van der Waals surface area contributed by atoms with Crippen LogP contribution in [0.25, 0.3) is 16.7 Å². The smallest absolute Gasteiger partial charge is 0.205 e. The zero-order valence-electron chi connectivity index (χ0n) is 10.8. The third-order valence-corrected chi connectivity index (χ3v) is 3.19. The predicted molar refractivity (Wildman–Crippen MR) is 70.1 cm³/mol.